The molecule has 0 bridgehead atoms. The lowest BCUT2D eigenvalue weighted by Gasteiger charge is -2.12. The number of hydrogen-bond donors (Lipinski definition) is 2. The van der Waals surface area contributed by atoms with Crippen LogP contribution in [-0.2, 0) is 9.53 Å². The highest BCUT2D eigenvalue weighted by Gasteiger charge is 2.11. The van der Waals surface area contributed by atoms with Crippen LogP contribution >= 0.6 is 0 Å². The van der Waals surface area contributed by atoms with Gasteiger partial charge in [0.05, 0.1) is 19.1 Å². The SMILES string of the molecule is CCOC(=O)CC(O)CNC(C)C. The predicted molar refractivity (Wildman–Crippen MR) is 50.4 cm³/mol. The molecule has 4 heteroatoms. The molecule has 0 saturated heterocycles. The maximum absolute atomic E-state index is 10.9. The summed E-state index contributed by atoms with van der Waals surface area (Å²) in [6.07, 6.45) is -0.588. The van der Waals surface area contributed by atoms with Crippen molar-refractivity contribution < 1.29 is 14.6 Å². The summed E-state index contributed by atoms with van der Waals surface area (Å²) in [4.78, 5) is 10.9. The van der Waals surface area contributed by atoms with Crippen LogP contribution in [0.15, 0.2) is 0 Å². The van der Waals surface area contributed by atoms with Gasteiger partial charge in [0.1, 0.15) is 0 Å². The van der Waals surface area contributed by atoms with Gasteiger partial charge in [0.25, 0.3) is 0 Å². The first-order valence-corrected chi connectivity index (χ1v) is 4.63. The second kappa shape index (κ2) is 6.86. The Hall–Kier alpha value is -0.610. The Balaban J connectivity index is 3.49. The normalized spacial score (nSPS) is 13.0. The van der Waals surface area contributed by atoms with Crippen LogP contribution in [0.3, 0.4) is 0 Å². The summed E-state index contributed by atoms with van der Waals surface area (Å²) >= 11 is 0. The lowest BCUT2D eigenvalue weighted by atomic mass is 10.2. The second-order valence-corrected chi connectivity index (χ2v) is 3.23. The first kappa shape index (κ1) is 12.4. The fourth-order valence-electron chi connectivity index (χ4n) is 0.856. The highest BCUT2D eigenvalue weighted by Crippen LogP contribution is 1.94. The molecule has 1 unspecified atom stereocenters. The van der Waals surface area contributed by atoms with Crippen molar-refractivity contribution in [2.45, 2.75) is 39.3 Å². The zero-order valence-electron chi connectivity index (χ0n) is 8.54. The lowest BCUT2D eigenvalue weighted by Crippen LogP contribution is -2.33. The molecule has 4 nitrogen and oxygen atoms in total. The number of aliphatic hydroxyl groups is 1. The molecule has 0 aromatic heterocycles. The minimum absolute atomic E-state index is 0.0631. The molecule has 0 rings (SSSR count). The van der Waals surface area contributed by atoms with E-state index >= 15 is 0 Å². The van der Waals surface area contributed by atoms with E-state index in [-0.39, 0.29) is 12.4 Å². The van der Waals surface area contributed by atoms with Gasteiger partial charge in [-0.2, -0.15) is 0 Å². The third-order valence-corrected chi connectivity index (χ3v) is 1.47. The summed E-state index contributed by atoms with van der Waals surface area (Å²) in [5.74, 6) is -0.347. The van der Waals surface area contributed by atoms with Crippen LogP contribution < -0.4 is 5.32 Å². The zero-order valence-corrected chi connectivity index (χ0v) is 8.54. The molecule has 0 aromatic carbocycles. The molecule has 0 heterocycles. The van der Waals surface area contributed by atoms with Gasteiger partial charge in [-0.1, -0.05) is 13.8 Å². The molecule has 13 heavy (non-hydrogen) atoms. The lowest BCUT2D eigenvalue weighted by molar-refractivity contribution is -0.145. The fraction of sp³-hybridized carbons (Fsp3) is 0.889. The standard InChI is InChI=1S/C9H19NO3/c1-4-13-9(12)5-8(11)6-10-7(2)3/h7-8,10-11H,4-6H2,1-3H3. The maximum atomic E-state index is 10.9. The summed E-state index contributed by atoms with van der Waals surface area (Å²) in [5, 5.41) is 12.4. The van der Waals surface area contributed by atoms with Gasteiger partial charge in [-0.15, -0.1) is 0 Å². The first-order valence-electron chi connectivity index (χ1n) is 4.63. The Morgan fingerprint density at radius 1 is 1.54 bits per heavy atom. The molecule has 0 aliphatic rings. The third-order valence-electron chi connectivity index (χ3n) is 1.47. The van der Waals surface area contributed by atoms with Gasteiger partial charge in [-0.3, -0.25) is 4.79 Å². The minimum Gasteiger partial charge on any atom is -0.466 e. The molecular weight excluding hydrogens is 170 g/mol. The largest absolute Gasteiger partial charge is 0.466 e. The van der Waals surface area contributed by atoms with Crippen LogP contribution in [0.2, 0.25) is 0 Å². The van der Waals surface area contributed by atoms with Gasteiger partial charge in [0.15, 0.2) is 0 Å². The van der Waals surface area contributed by atoms with E-state index in [0.29, 0.717) is 19.2 Å². The van der Waals surface area contributed by atoms with E-state index < -0.39 is 6.10 Å². The number of hydrogen-bond acceptors (Lipinski definition) is 4. The van der Waals surface area contributed by atoms with Crippen molar-refractivity contribution >= 4 is 5.97 Å². The van der Waals surface area contributed by atoms with Gasteiger partial charge in [0, 0.05) is 12.6 Å². The van der Waals surface area contributed by atoms with Crippen molar-refractivity contribution in [3.05, 3.63) is 0 Å². The molecule has 0 radical (unpaired) electrons. The van der Waals surface area contributed by atoms with E-state index in [1.807, 2.05) is 13.8 Å². The summed E-state index contributed by atoms with van der Waals surface area (Å²) < 4.78 is 4.69. The highest BCUT2D eigenvalue weighted by molar-refractivity contribution is 5.69. The number of rotatable bonds is 6. The molecule has 0 aromatic rings. The van der Waals surface area contributed by atoms with Crippen LogP contribution in [-0.4, -0.2) is 36.4 Å². The Morgan fingerprint density at radius 3 is 2.62 bits per heavy atom. The van der Waals surface area contributed by atoms with E-state index in [9.17, 15) is 9.90 Å². The molecule has 0 saturated carbocycles. The van der Waals surface area contributed by atoms with Gasteiger partial charge in [0.2, 0.25) is 0 Å². The average Bonchev–Trinajstić information content (AvgIpc) is 2.01. The van der Waals surface area contributed by atoms with Crippen LogP contribution in [0.5, 0.6) is 0 Å². The second-order valence-electron chi connectivity index (χ2n) is 3.23. The highest BCUT2D eigenvalue weighted by atomic mass is 16.5. The summed E-state index contributed by atoms with van der Waals surface area (Å²) in [6.45, 7) is 6.50. The third kappa shape index (κ3) is 7.74. The van der Waals surface area contributed by atoms with Gasteiger partial charge >= 0.3 is 5.97 Å². The molecule has 2 N–H and O–H groups in total. The maximum Gasteiger partial charge on any atom is 0.308 e. The molecule has 1 atom stereocenters. The molecular formula is C9H19NO3. The number of ether oxygens (including phenoxy) is 1. The van der Waals surface area contributed by atoms with Crippen LogP contribution in [0.1, 0.15) is 27.2 Å². The molecule has 0 spiro atoms. The predicted octanol–water partition coefficient (Wildman–Crippen LogP) is 0.298. The van der Waals surface area contributed by atoms with Crippen molar-refractivity contribution in [1.29, 1.82) is 0 Å². The summed E-state index contributed by atoms with van der Waals surface area (Å²) in [7, 11) is 0. The fourth-order valence-corrected chi connectivity index (χ4v) is 0.856. The number of carbonyl (C=O) groups excluding carboxylic acids is 1. The molecule has 78 valence electrons. The number of esters is 1. The Morgan fingerprint density at radius 2 is 2.15 bits per heavy atom. The first-order chi connectivity index (χ1) is 6.06. The monoisotopic (exact) mass is 189 g/mol. The molecule has 0 aliphatic heterocycles. The minimum atomic E-state index is -0.651. The summed E-state index contributed by atoms with van der Waals surface area (Å²) in [5.41, 5.74) is 0. The van der Waals surface area contributed by atoms with E-state index in [1.54, 1.807) is 6.92 Å². The quantitative estimate of drug-likeness (QED) is 0.590. The van der Waals surface area contributed by atoms with E-state index in [1.165, 1.54) is 0 Å². The molecule has 0 aliphatic carbocycles. The van der Waals surface area contributed by atoms with Gasteiger partial charge < -0.3 is 15.2 Å². The molecule has 0 amide bonds. The topological polar surface area (TPSA) is 58.6 Å². The van der Waals surface area contributed by atoms with Crippen molar-refractivity contribution in [1.82, 2.24) is 5.32 Å². The number of nitrogens with one attached hydrogen (secondary N) is 1. The van der Waals surface area contributed by atoms with Crippen molar-refractivity contribution in [3.63, 3.8) is 0 Å². The van der Waals surface area contributed by atoms with E-state index in [4.69, 9.17) is 4.74 Å². The number of aliphatic hydroxyl groups excluding tert-OH is 1. The Labute approximate surface area is 79.3 Å². The van der Waals surface area contributed by atoms with Crippen molar-refractivity contribution in [2.75, 3.05) is 13.2 Å². The smallest absolute Gasteiger partial charge is 0.308 e. The molecule has 0 fully saturated rings. The van der Waals surface area contributed by atoms with Crippen LogP contribution in [0.4, 0.5) is 0 Å². The number of carbonyl (C=O) groups is 1. The van der Waals surface area contributed by atoms with Crippen molar-refractivity contribution in [2.24, 2.45) is 0 Å². The van der Waals surface area contributed by atoms with Crippen LogP contribution in [0, 0.1) is 0 Å². The Bertz CT molecular complexity index is 148. The van der Waals surface area contributed by atoms with Crippen LogP contribution in [0.25, 0.3) is 0 Å². The van der Waals surface area contributed by atoms with E-state index in [2.05, 4.69) is 5.32 Å². The average molecular weight is 189 g/mol. The van der Waals surface area contributed by atoms with Gasteiger partial charge in [-0.05, 0) is 6.92 Å². The zero-order chi connectivity index (χ0) is 10.3. The Kier molecular flexibility index (Phi) is 6.54. The van der Waals surface area contributed by atoms with Gasteiger partial charge in [-0.25, -0.2) is 0 Å². The summed E-state index contributed by atoms with van der Waals surface area (Å²) in [6, 6.07) is 0.317. The van der Waals surface area contributed by atoms with Crippen molar-refractivity contribution in [3.8, 4) is 0 Å². The van der Waals surface area contributed by atoms with E-state index in [0.717, 1.165) is 0 Å².